The van der Waals surface area contributed by atoms with Crippen molar-refractivity contribution in [2.24, 2.45) is 0 Å². The van der Waals surface area contributed by atoms with E-state index in [0.29, 0.717) is 35.3 Å². The number of amides is 1. The van der Waals surface area contributed by atoms with Crippen molar-refractivity contribution in [3.8, 4) is 23.0 Å². The molecule has 0 saturated heterocycles. The summed E-state index contributed by atoms with van der Waals surface area (Å²) < 4.78 is 22.1. The van der Waals surface area contributed by atoms with E-state index in [0.717, 1.165) is 37.0 Å². The summed E-state index contributed by atoms with van der Waals surface area (Å²) >= 11 is 0. The maximum absolute atomic E-state index is 12.0. The van der Waals surface area contributed by atoms with Crippen LogP contribution in [0.5, 0.6) is 23.0 Å². The highest BCUT2D eigenvalue weighted by molar-refractivity contribution is 5.88. The predicted octanol–water partition coefficient (Wildman–Crippen LogP) is 5.32. The zero-order valence-corrected chi connectivity index (χ0v) is 19.6. The van der Waals surface area contributed by atoms with Gasteiger partial charge in [0.05, 0.1) is 26.3 Å². The molecule has 0 aliphatic carbocycles. The average Bonchev–Trinajstić information content (AvgIpc) is 2.84. The summed E-state index contributed by atoms with van der Waals surface area (Å²) in [6.45, 7) is 7.52. The lowest BCUT2D eigenvalue weighted by Crippen LogP contribution is -2.25. The monoisotopic (exact) mass is 453 g/mol. The van der Waals surface area contributed by atoms with Crippen molar-refractivity contribution in [1.82, 2.24) is 9.88 Å². The van der Waals surface area contributed by atoms with E-state index in [-0.39, 0.29) is 0 Å². The number of rotatable bonds is 11. The molecule has 1 N–H and O–H groups in total. The number of benzene rings is 2. The van der Waals surface area contributed by atoms with E-state index in [1.54, 1.807) is 50.7 Å². The summed E-state index contributed by atoms with van der Waals surface area (Å²) in [5, 5.41) is 3.53. The zero-order chi connectivity index (χ0) is 23.6. The van der Waals surface area contributed by atoms with Crippen molar-refractivity contribution in [3.05, 3.63) is 48.7 Å². The largest absolute Gasteiger partial charge is 0.493 e. The van der Waals surface area contributed by atoms with Crippen molar-refractivity contribution < 1.29 is 23.7 Å². The summed E-state index contributed by atoms with van der Waals surface area (Å²) in [6, 6.07) is 12.5. The molecule has 1 heterocycles. The van der Waals surface area contributed by atoms with Crippen LogP contribution in [-0.2, 0) is 4.74 Å². The average molecular weight is 454 g/mol. The number of hydrogen-bond acceptors (Lipinski definition) is 7. The van der Waals surface area contributed by atoms with Gasteiger partial charge in [-0.25, -0.2) is 4.79 Å². The van der Waals surface area contributed by atoms with Gasteiger partial charge in [-0.2, -0.15) is 0 Å². The smallest absolute Gasteiger partial charge is 0.411 e. The van der Waals surface area contributed by atoms with Gasteiger partial charge in [-0.1, -0.05) is 13.8 Å². The minimum Gasteiger partial charge on any atom is -0.493 e. The van der Waals surface area contributed by atoms with Crippen LogP contribution in [-0.4, -0.2) is 56.4 Å². The number of carbonyl (C=O) groups excluding carboxylic acids is 1. The molecule has 8 heteroatoms. The number of nitrogens with one attached hydrogen (secondary N) is 1. The van der Waals surface area contributed by atoms with E-state index >= 15 is 0 Å². The van der Waals surface area contributed by atoms with Crippen LogP contribution < -0.4 is 19.5 Å². The Morgan fingerprint density at radius 3 is 2.33 bits per heavy atom. The van der Waals surface area contributed by atoms with Crippen LogP contribution in [0.1, 0.15) is 20.3 Å². The third-order valence-corrected chi connectivity index (χ3v) is 5.28. The van der Waals surface area contributed by atoms with Gasteiger partial charge in [0.25, 0.3) is 0 Å². The van der Waals surface area contributed by atoms with E-state index in [2.05, 4.69) is 29.0 Å². The van der Waals surface area contributed by atoms with Crippen molar-refractivity contribution in [2.75, 3.05) is 45.8 Å². The summed E-state index contributed by atoms with van der Waals surface area (Å²) in [7, 11) is 3.17. The topological polar surface area (TPSA) is 82.2 Å². The lowest BCUT2D eigenvalue weighted by Gasteiger charge is -2.17. The van der Waals surface area contributed by atoms with Gasteiger partial charge in [-0.05, 0) is 55.9 Å². The second-order valence-corrected chi connectivity index (χ2v) is 7.30. The molecule has 176 valence electrons. The van der Waals surface area contributed by atoms with Crippen LogP contribution in [0.25, 0.3) is 10.9 Å². The molecule has 3 rings (SSSR count). The van der Waals surface area contributed by atoms with Gasteiger partial charge in [-0.15, -0.1) is 0 Å². The molecule has 0 atom stereocenters. The molecular formula is C25H31N3O5. The standard InChI is InChI=1S/C25H31N3O5/c1-5-28(6-2)14-7-15-32-25(29)27-18-8-10-19(11-9-18)33-22-12-13-26-21-17-24(31-4)23(30-3)16-20(21)22/h8-13,16-17H,5-7,14-15H2,1-4H3,(H,27,29). The third-order valence-electron chi connectivity index (χ3n) is 5.28. The molecule has 0 unspecified atom stereocenters. The number of anilines is 1. The first-order valence-corrected chi connectivity index (χ1v) is 11.0. The van der Waals surface area contributed by atoms with Gasteiger partial charge in [0.15, 0.2) is 11.5 Å². The minimum atomic E-state index is -0.468. The first-order chi connectivity index (χ1) is 16.1. The molecule has 0 aliphatic heterocycles. The third kappa shape index (κ3) is 6.49. The molecule has 0 saturated carbocycles. The number of pyridine rings is 1. The van der Waals surface area contributed by atoms with Gasteiger partial charge in [0.2, 0.25) is 0 Å². The molecule has 0 aliphatic rings. The summed E-state index contributed by atoms with van der Waals surface area (Å²) in [5.41, 5.74) is 1.36. The maximum Gasteiger partial charge on any atom is 0.411 e. The quantitative estimate of drug-likeness (QED) is 0.393. The Hall–Kier alpha value is -3.52. The Morgan fingerprint density at radius 2 is 1.67 bits per heavy atom. The zero-order valence-electron chi connectivity index (χ0n) is 19.6. The SMILES string of the molecule is CCN(CC)CCCOC(=O)Nc1ccc(Oc2ccnc3cc(OC)c(OC)cc23)cc1. The van der Waals surface area contributed by atoms with Crippen LogP contribution in [0.15, 0.2) is 48.7 Å². The molecule has 0 spiro atoms. The molecule has 3 aromatic rings. The van der Waals surface area contributed by atoms with Gasteiger partial charge in [-0.3, -0.25) is 10.3 Å². The molecular weight excluding hydrogens is 422 g/mol. The van der Waals surface area contributed by atoms with Crippen LogP contribution in [0.4, 0.5) is 10.5 Å². The molecule has 8 nitrogen and oxygen atoms in total. The number of ether oxygens (including phenoxy) is 4. The van der Waals surface area contributed by atoms with Gasteiger partial charge >= 0.3 is 6.09 Å². The van der Waals surface area contributed by atoms with Crippen molar-refractivity contribution in [1.29, 1.82) is 0 Å². The van der Waals surface area contributed by atoms with Crippen molar-refractivity contribution in [2.45, 2.75) is 20.3 Å². The normalized spacial score (nSPS) is 10.8. The van der Waals surface area contributed by atoms with E-state index in [1.165, 1.54) is 0 Å². The fraction of sp³-hybridized carbons (Fsp3) is 0.360. The fourth-order valence-corrected chi connectivity index (χ4v) is 3.42. The summed E-state index contributed by atoms with van der Waals surface area (Å²) in [4.78, 5) is 18.7. The summed E-state index contributed by atoms with van der Waals surface area (Å²) in [6.07, 6.45) is 2.01. The van der Waals surface area contributed by atoms with E-state index in [4.69, 9.17) is 18.9 Å². The number of methoxy groups -OCH3 is 2. The minimum absolute atomic E-state index is 0.382. The number of nitrogens with zero attached hydrogens (tertiary/aromatic N) is 2. The summed E-state index contributed by atoms with van der Waals surface area (Å²) in [5.74, 6) is 2.45. The van der Waals surface area contributed by atoms with Crippen molar-refractivity contribution in [3.63, 3.8) is 0 Å². The number of carbonyl (C=O) groups is 1. The first kappa shape index (κ1) is 24.1. The molecule has 0 bridgehead atoms. The van der Waals surface area contributed by atoms with Crippen LogP contribution in [0.3, 0.4) is 0 Å². The van der Waals surface area contributed by atoms with Gasteiger partial charge < -0.3 is 23.8 Å². The number of hydrogen-bond donors (Lipinski definition) is 1. The Balaban J connectivity index is 1.59. The lowest BCUT2D eigenvalue weighted by molar-refractivity contribution is 0.153. The Bertz CT molecular complexity index is 1050. The predicted molar refractivity (Wildman–Crippen MR) is 129 cm³/mol. The second kappa shape index (κ2) is 11.9. The van der Waals surface area contributed by atoms with Gasteiger partial charge in [0.1, 0.15) is 11.5 Å². The van der Waals surface area contributed by atoms with Gasteiger partial charge in [0, 0.05) is 29.9 Å². The lowest BCUT2D eigenvalue weighted by atomic mass is 10.2. The molecule has 1 aromatic heterocycles. The maximum atomic E-state index is 12.0. The highest BCUT2D eigenvalue weighted by Gasteiger charge is 2.12. The second-order valence-electron chi connectivity index (χ2n) is 7.30. The van der Waals surface area contributed by atoms with E-state index in [9.17, 15) is 4.79 Å². The van der Waals surface area contributed by atoms with Crippen LogP contribution in [0.2, 0.25) is 0 Å². The van der Waals surface area contributed by atoms with Crippen LogP contribution >= 0.6 is 0 Å². The molecule has 0 fully saturated rings. The first-order valence-electron chi connectivity index (χ1n) is 11.0. The number of aromatic nitrogens is 1. The molecule has 1 amide bonds. The van der Waals surface area contributed by atoms with E-state index in [1.807, 2.05) is 12.1 Å². The van der Waals surface area contributed by atoms with Crippen LogP contribution in [0, 0.1) is 0 Å². The fourth-order valence-electron chi connectivity index (χ4n) is 3.42. The Labute approximate surface area is 194 Å². The number of fused-ring (bicyclic) bond motifs is 1. The Kier molecular flexibility index (Phi) is 8.71. The molecule has 33 heavy (non-hydrogen) atoms. The highest BCUT2D eigenvalue weighted by atomic mass is 16.5. The molecule has 0 radical (unpaired) electrons. The Morgan fingerprint density at radius 1 is 0.970 bits per heavy atom. The van der Waals surface area contributed by atoms with Crippen molar-refractivity contribution >= 4 is 22.7 Å². The van der Waals surface area contributed by atoms with E-state index < -0.39 is 6.09 Å². The highest BCUT2D eigenvalue weighted by Crippen LogP contribution is 2.36. The molecule has 2 aromatic carbocycles.